The third kappa shape index (κ3) is 6.84. The van der Waals surface area contributed by atoms with Crippen molar-refractivity contribution in [2.75, 3.05) is 13.7 Å². The number of amides is 2. The Labute approximate surface area is 168 Å². The first-order valence-electron chi connectivity index (χ1n) is 8.87. The quantitative estimate of drug-likeness (QED) is 0.663. The molecule has 0 spiro atoms. The van der Waals surface area contributed by atoms with E-state index in [-0.39, 0.29) is 6.61 Å². The summed E-state index contributed by atoms with van der Waals surface area (Å²) in [6, 6.07) is 10.5. The van der Waals surface area contributed by atoms with Gasteiger partial charge in [0.2, 0.25) is 0 Å². The summed E-state index contributed by atoms with van der Waals surface area (Å²) in [5.74, 6) is -0.330. The Kier molecular flexibility index (Phi) is 8.02. The third-order valence-electron chi connectivity index (χ3n) is 3.73. The maximum absolute atomic E-state index is 12.9. The molecule has 2 N–H and O–H groups in total. The number of nitrogens with one attached hydrogen (secondary N) is 2. The molecule has 0 saturated carbocycles. The smallest absolute Gasteiger partial charge is 0.279 e. The normalized spacial score (nSPS) is 11.6. The molecular formula is C21H23FN2O5. The SMILES string of the molecule is C/C=C/c1ccc(OCC(=O)NNC(=O)C(C)Oc2ccc(F)cc2)c(OC)c1. The molecule has 154 valence electrons. The van der Waals surface area contributed by atoms with E-state index in [2.05, 4.69) is 10.9 Å². The standard InChI is InChI=1S/C21H23FN2O5/c1-4-5-15-6-11-18(19(12-15)27-3)28-13-20(25)23-24-21(26)14(2)29-17-9-7-16(22)8-10-17/h4-12,14H,13H2,1-3H3,(H,23,25)(H,24,26)/b5-4+. The van der Waals surface area contributed by atoms with Crippen LogP contribution in [0.5, 0.6) is 17.2 Å². The highest BCUT2D eigenvalue weighted by Gasteiger charge is 2.16. The van der Waals surface area contributed by atoms with E-state index >= 15 is 0 Å². The average Bonchev–Trinajstić information content (AvgIpc) is 2.72. The van der Waals surface area contributed by atoms with Gasteiger partial charge in [-0.2, -0.15) is 0 Å². The summed E-state index contributed by atoms with van der Waals surface area (Å²) in [4.78, 5) is 23.9. The molecule has 0 aliphatic heterocycles. The molecule has 29 heavy (non-hydrogen) atoms. The number of carbonyl (C=O) groups is 2. The first-order valence-corrected chi connectivity index (χ1v) is 8.87. The Bertz CT molecular complexity index is 868. The zero-order valence-electron chi connectivity index (χ0n) is 16.4. The zero-order chi connectivity index (χ0) is 21.2. The van der Waals surface area contributed by atoms with E-state index in [0.29, 0.717) is 17.2 Å². The zero-order valence-corrected chi connectivity index (χ0v) is 16.4. The Morgan fingerprint density at radius 3 is 2.48 bits per heavy atom. The highest BCUT2D eigenvalue weighted by atomic mass is 19.1. The van der Waals surface area contributed by atoms with Crippen LogP contribution in [0.2, 0.25) is 0 Å². The average molecular weight is 402 g/mol. The molecular weight excluding hydrogens is 379 g/mol. The van der Waals surface area contributed by atoms with Gasteiger partial charge in [-0.1, -0.05) is 18.2 Å². The van der Waals surface area contributed by atoms with Crippen molar-refractivity contribution in [2.45, 2.75) is 20.0 Å². The van der Waals surface area contributed by atoms with Crippen molar-refractivity contribution < 1.29 is 28.2 Å². The molecule has 2 aromatic carbocycles. The molecule has 0 aliphatic carbocycles. The lowest BCUT2D eigenvalue weighted by atomic mass is 10.2. The van der Waals surface area contributed by atoms with Gasteiger partial charge in [-0.3, -0.25) is 20.4 Å². The van der Waals surface area contributed by atoms with Crippen molar-refractivity contribution in [1.82, 2.24) is 10.9 Å². The lowest BCUT2D eigenvalue weighted by Crippen LogP contribution is -2.48. The van der Waals surface area contributed by atoms with Crippen molar-refractivity contribution >= 4 is 17.9 Å². The highest BCUT2D eigenvalue weighted by Crippen LogP contribution is 2.28. The van der Waals surface area contributed by atoms with E-state index in [1.165, 1.54) is 38.3 Å². The maximum Gasteiger partial charge on any atom is 0.279 e. The lowest BCUT2D eigenvalue weighted by Gasteiger charge is -2.15. The second-order valence-electron chi connectivity index (χ2n) is 5.95. The molecule has 2 rings (SSSR count). The summed E-state index contributed by atoms with van der Waals surface area (Å²) in [6.07, 6.45) is 2.90. The molecule has 0 saturated heterocycles. The summed E-state index contributed by atoms with van der Waals surface area (Å²) in [6.45, 7) is 3.08. The van der Waals surface area contributed by atoms with E-state index in [9.17, 15) is 14.0 Å². The van der Waals surface area contributed by atoms with Gasteiger partial charge >= 0.3 is 0 Å². The largest absolute Gasteiger partial charge is 0.493 e. The minimum atomic E-state index is -0.902. The molecule has 0 heterocycles. The van der Waals surface area contributed by atoms with Gasteiger partial charge in [0.1, 0.15) is 11.6 Å². The molecule has 0 radical (unpaired) electrons. The van der Waals surface area contributed by atoms with Crippen LogP contribution in [0.1, 0.15) is 19.4 Å². The molecule has 0 bridgehead atoms. The monoisotopic (exact) mass is 402 g/mol. The summed E-state index contributed by atoms with van der Waals surface area (Å²) >= 11 is 0. The van der Waals surface area contributed by atoms with Gasteiger partial charge in [-0.05, 0) is 55.8 Å². The second-order valence-corrected chi connectivity index (χ2v) is 5.95. The summed E-state index contributed by atoms with van der Waals surface area (Å²) in [5.41, 5.74) is 5.42. The van der Waals surface area contributed by atoms with E-state index in [0.717, 1.165) is 5.56 Å². The number of benzene rings is 2. The molecule has 1 atom stereocenters. The molecule has 0 aromatic heterocycles. The molecule has 8 heteroatoms. The molecule has 2 amide bonds. The predicted molar refractivity (Wildman–Crippen MR) is 106 cm³/mol. The number of hydrogen-bond acceptors (Lipinski definition) is 5. The molecule has 7 nitrogen and oxygen atoms in total. The van der Waals surface area contributed by atoms with Crippen molar-refractivity contribution in [3.63, 3.8) is 0 Å². The Morgan fingerprint density at radius 1 is 1.10 bits per heavy atom. The lowest BCUT2D eigenvalue weighted by molar-refractivity contribution is -0.133. The fraction of sp³-hybridized carbons (Fsp3) is 0.238. The fourth-order valence-electron chi connectivity index (χ4n) is 2.28. The Hall–Kier alpha value is -3.55. The summed E-state index contributed by atoms with van der Waals surface area (Å²) in [5, 5.41) is 0. The number of halogens is 1. The van der Waals surface area contributed by atoms with Crippen LogP contribution >= 0.6 is 0 Å². The van der Waals surface area contributed by atoms with E-state index in [1.54, 1.807) is 12.1 Å². The van der Waals surface area contributed by atoms with Crippen LogP contribution in [0, 0.1) is 5.82 Å². The molecule has 0 aliphatic rings. The molecule has 0 fully saturated rings. The van der Waals surface area contributed by atoms with Crippen molar-refractivity contribution in [2.24, 2.45) is 0 Å². The number of hydrazine groups is 1. The fourth-order valence-corrected chi connectivity index (χ4v) is 2.28. The van der Waals surface area contributed by atoms with E-state index < -0.39 is 23.7 Å². The van der Waals surface area contributed by atoms with Gasteiger partial charge in [0.25, 0.3) is 11.8 Å². The first-order chi connectivity index (χ1) is 13.9. The van der Waals surface area contributed by atoms with Crippen LogP contribution in [0.4, 0.5) is 4.39 Å². The van der Waals surface area contributed by atoms with Gasteiger partial charge in [0, 0.05) is 0 Å². The van der Waals surface area contributed by atoms with E-state index in [4.69, 9.17) is 14.2 Å². The van der Waals surface area contributed by atoms with Gasteiger partial charge in [0.15, 0.2) is 24.2 Å². The highest BCUT2D eigenvalue weighted by molar-refractivity contribution is 5.85. The predicted octanol–water partition coefficient (Wildman–Crippen LogP) is 2.86. The van der Waals surface area contributed by atoms with Crippen LogP contribution < -0.4 is 25.1 Å². The first kappa shape index (κ1) is 21.7. The van der Waals surface area contributed by atoms with Gasteiger partial charge in [0.05, 0.1) is 7.11 Å². The number of rotatable bonds is 8. The third-order valence-corrected chi connectivity index (χ3v) is 3.73. The van der Waals surface area contributed by atoms with Gasteiger partial charge in [-0.15, -0.1) is 0 Å². The molecule has 1 unspecified atom stereocenters. The van der Waals surface area contributed by atoms with Gasteiger partial charge < -0.3 is 14.2 Å². The Balaban J connectivity index is 1.80. The minimum absolute atomic E-state index is 0.327. The Morgan fingerprint density at radius 2 is 1.83 bits per heavy atom. The van der Waals surface area contributed by atoms with Crippen molar-refractivity contribution in [1.29, 1.82) is 0 Å². The van der Waals surface area contributed by atoms with Crippen LogP contribution in [0.3, 0.4) is 0 Å². The number of carbonyl (C=O) groups excluding carboxylic acids is 2. The van der Waals surface area contributed by atoms with Crippen LogP contribution in [0.25, 0.3) is 6.08 Å². The number of hydrogen-bond donors (Lipinski definition) is 2. The second kappa shape index (κ2) is 10.7. The minimum Gasteiger partial charge on any atom is -0.493 e. The van der Waals surface area contributed by atoms with Crippen LogP contribution in [-0.2, 0) is 9.59 Å². The van der Waals surface area contributed by atoms with Crippen molar-refractivity contribution in [3.05, 3.63) is 59.9 Å². The van der Waals surface area contributed by atoms with Crippen molar-refractivity contribution in [3.8, 4) is 17.2 Å². The summed E-state index contributed by atoms with van der Waals surface area (Å²) < 4.78 is 29.0. The number of methoxy groups -OCH3 is 1. The van der Waals surface area contributed by atoms with Crippen LogP contribution in [-0.4, -0.2) is 31.6 Å². The van der Waals surface area contributed by atoms with Crippen LogP contribution in [0.15, 0.2) is 48.5 Å². The van der Waals surface area contributed by atoms with Gasteiger partial charge in [-0.25, -0.2) is 4.39 Å². The number of allylic oxidation sites excluding steroid dienone is 1. The van der Waals surface area contributed by atoms with E-state index in [1.807, 2.05) is 25.1 Å². The molecule has 2 aromatic rings. The summed E-state index contributed by atoms with van der Waals surface area (Å²) in [7, 11) is 1.50. The maximum atomic E-state index is 12.9. The topological polar surface area (TPSA) is 85.9 Å². The number of ether oxygens (including phenoxy) is 3.